The molecule has 4 rings (SSSR count). The summed E-state index contributed by atoms with van der Waals surface area (Å²) in [5, 5.41) is 10.9. The van der Waals surface area contributed by atoms with Crippen molar-refractivity contribution in [1.29, 1.82) is 0 Å². The van der Waals surface area contributed by atoms with Gasteiger partial charge in [-0.1, -0.05) is 13.0 Å². The van der Waals surface area contributed by atoms with Crippen molar-refractivity contribution in [2.24, 2.45) is 0 Å². The van der Waals surface area contributed by atoms with Crippen molar-refractivity contribution >= 4 is 17.4 Å². The molecular formula is C20H18N2O5. The molecule has 7 nitrogen and oxygen atoms in total. The van der Waals surface area contributed by atoms with Crippen molar-refractivity contribution in [2.45, 2.75) is 19.4 Å². The summed E-state index contributed by atoms with van der Waals surface area (Å²) in [4.78, 5) is 31.1. The Kier molecular flexibility index (Phi) is 4.27. The number of likely N-dealkylation sites (tertiary alicyclic amines) is 1. The molecule has 2 aromatic rings. The molecule has 2 aliphatic rings. The van der Waals surface area contributed by atoms with E-state index < -0.39 is 17.7 Å². The Labute approximate surface area is 155 Å². The maximum absolute atomic E-state index is 12.7. The highest BCUT2D eigenvalue weighted by molar-refractivity contribution is 6.46. The summed E-state index contributed by atoms with van der Waals surface area (Å²) in [6.45, 7) is 2.42. The predicted octanol–water partition coefficient (Wildman–Crippen LogP) is 2.64. The molecule has 2 aliphatic heterocycles. The molecule has 0 spiro atoms. The summed E-state index contributed by atoms with van der Waals surface area (Å²) in [7, 11) is 0. The molecule has 1 saturated heterocycles. The summed E-state index contributed by atoms with van der Waals surface area (Å²) in [5.41, 5.74) is 0.952. The quantitative estimate of drug-likeness (QED) is 0.508. The Morgan fingerprint density at radius 1 is 1.22 bits per heavy atom. The van der Waals surface area contributed by atoms with Gasteiger partial charge in [-0.25, -0.2) is 0 Å². The number of carbonyl (C=O) groups excluding carboxylic acids is 2. The van der Waals surface area contributed by atoms with Gasteiger partial charge in [-0.2, -0.15) is 0 Å². The number of aliphatic hydroxyl groups is 1. The first kappa shape index (κ1) is 17.1. The van der Waals surface area contributed by atoms with Gasteiger partial charge in [0.1, 0.15) is 11.8 Å². The fourth-order valence-corrected chi connectivity index (χ4v) is 3.40. The van der Waals surface area contributed by atoms with Gasteiger partial charge in [-0.15, -0.1) is 0 Å². The molecular weight excluding hydrogens is 348 g/mol. The van der Waals surface area contributed by atoms with Crippen LogP contribution in [0.1, 0.15) is 30.6 Å². The maximum Gasteiger partial charge on any atom is 0.295 e. The topological polar surface area (TPSA) is 89.0 Å². The van der Waals surface area contributed by atoms with Crippen LogP contribution >= 0.6 is 0 Å². The largest absolute Gasteiger partial charge is 0.507 e. The lowest BCUT2D eigenvalue weighted by Gasteiger charge is -2.23. The average molecular weight is 366 g/mol. The second-order valence-electron chi connectivity index (χ2n) is 6.32. The first-order valence-electron chi connectivity index (χ1n) is 8.71. The third kappa shape index (κ3) is 2.81. The number of hydrogen-bond acceptors (Lipinski definition) is 6. The van der Waals surface area contributed by atoms with E-state index in [0.717, 1.165) is 0 Å². The average Bonchev–Trinajstić information content (AvgIpc) is 3.26. The number of Topliss-reactive ketones (excluding diaryl/α,β-unsaturated/α-hetero) is 1. The van der Waals surface area contributed by atoms with Crippen LogP contribution in [0.2, 0.25) is 0 Å². The van der Waals surface area contributed by atoms with Crippen molar-refractivity contribution in [3.63, 3.8) is 0 Å². The Hall–Kier alpha value is -3.35. The van der Waals surface area contributed by atoms with Gasteiger partial charge in [0, 0.05) is 18.3 Å². The molecule has 1 amide bonds. The van der Waals surface area contributed by atoms with Crippen LogP contribution in [0.4, 0.5) is 0 Å². The van der Waals surface area contributed by atoms with Gasteiger partial charge in [0.05, 0.1) is 11.3 Å². The smallest absolute Gasteiger partial charge is 0.295 e. The minimum absolute atomic E-state index is 0.0333. The van der Waals surface area contributed by atoms with E-state index >= 15 is 0 Å². The van der Waals surface area contributed by atoms with Gasteiger partial charge in [0.15, 0.2) is 11.5 Å². The minimum atomic E-state index is -0.725. The van der Waals surface area contributed by atoms with Gasteiger partial charge in [-0.3, -0.25) is 14.6 Å². The summed E-state index contributed by atoms with van der Waals surface area (Å²) in [6, 6.07) is 9.45. The molecule has 1 aromatic carbocycles. The highest BCUT2D eigenvalue weighted by Crippen LogP contribution is 2.40. The number of pyridine rings is 1. The van der Waals surface area contributed by atoms with Crippen LogP contribution in [0.25, 0.3) is 5.76 Å². The Morgan fingerprint density at radius 3 is 2.78 bits per heavy atom. The van der Waals surface area contributed by atoms with Crippen molar-refractivity contribution < 1.29 is 24.2 Å². The van der Waals surface area contributed by atoms with E-state index in [4.69, 9.17) is 9.47 Å². The van der Waals surface area contributed by atoms with Crippen LogP contribution in [0.5, 0.6) is 11.5 Å². The van der Waals surface area contributed by atoms with Crippen LogP contribution in [0.3, 0.4) is 0 Å². The highest BCUT2D eigenvalue weighted by Gasteiger charge is 2.46. The molecule has 7 heteroatoms. The Balaban J connectivity index is 1.86. The van der Waals surface area contributed by atoms with E-state index in [1.54, 1.807) is 42.6 Å². The second kappa shape index (κ2) is 6.75. The normalized spacial score (nSPS) is 20.3. The Morgan fingerprint density at radius 2 is 2.04 bits per heavy atom. The number of benzene rings is 1. The van der Waals surface area contributed by atoms with Crippen molar-refractivity contribution in [1.82, 2.24) is 9.88 Å². The molecule has 0 aliphatic carbocycles. The van der Waals surface area contributed by atoms with E-state index in [-0.39, 0.29) is 18.1 Å². The zero-order valence-corrected chi connectivity index (χ0v) is 14.7. The molecule has 1 N–H and O–H groups in total. The third-order valence-electron chi connectivity index (χ3n) is 4.62. The number of amides is 1. The number of aliphatic hydroxyl groups excluding tert-OH is 1. The van der Waals surface area contributed by atoms with Crippen LogP contribution in [-0.2, 0) is 9.59 Å². The number of rotatable bonds is 4. The molecule has 27 heavy (non-hydrogen) atoms. The lowest BCUT2D eigenvalue weighted by atomic mass is 9.98. The number of carbonyl (C=O) groups is 2. The summed E-state index contributed by atoms with van der Waals surface area (Å²) in [5.74, 6) is -0.541. The molecule has 138 valence electrons. The van der Waals surface area contributed by atoms with Crippen molar-refractivity contribution in [3.05, 3.63) is 59.4 Å². The summed E-state index contributed by atoms with van der Waals surface area (Å²) >= 11 is 0. The highest BCUT2D eigenvalue weighted by atomic mass is 16.7. The fraction of sp³-hybridized carbons (Fsp3) is 0.250. The zero-order chi connectivity index (χ0) is 19.0. The third-order valence-corrected chi connectivity index (χ3v) is 4.62. The number of nitrogens with zero attached hydrogens (tertiary/aromatic N) is 2. The van der Waals surface area contributed by atoms with Crippen LogP contribution in [-0.4, -0.2) is 40.0 Å². The van der Waals surface area contributed by atoms with Gasteiger partial charge >= 0.3 is 0 Å². The molecule has 1 aromatic heterocycles. The van der Waals surface area contributed by atoms with Gasteiger partial charge < -0.3 is 19.5 Å². The van der Waals surface area contributed by atoms with Crippen molar-refractivity contribution in [3.8, 4) is 11.5 Å². The van der Waals surface area contributed by atoms with Gasteiger partial charge in [0.2, 0.25) is 6.79 Å². The van der Waals surface area contributed by atoms with Crippen LogP contribution in [0.15, 0.2) is 48.2 Å². The summed E-state index contributed by atoms with van der Waals surface area (Å²) < 4.78 is 10.6. The van der Waals surface area contributed by atoms with E-state index in [1.807, 2.05) is 6.92 Å². The molecule has 3 heterocycles. The van der Waals surface area contributed by atoms with Gasteiger partial charge in [-0.05, 0) is 36.8 Å². The molecule has 1 fully saturated rings. The minimum Gasteiger partial charge on any atom is -0.507 e. The predicted molar refractivity (Wildman–Crippen MR) is 96.1 cm³/mol. The van der Waals surface area contributed by atoms with E-state index in [1.165, 1.54) is 4.90 Å². The fourth-order valence-electron chi connectivity index (χ4n) is 3.40. The monoisotopic (exact) mass is 366 g/mol. The van der Waals surface area contributed by atoms with E-state index in [9.17, 15) is 14.7 Å². The van der Waals surface area contributed by atoms with Crippen molar-refractivity contribution in [2.75, 3.05) is 13.3 Å². The van der Waals surface area contributed by atoms with Gasteiger partial charge in [0.25, 0.3) is 11.7 Å². The van der Waals surface area contributed by atoms with Crippen LogP contribution in [0, 0.1) is 0 Å². The number of hydrogen-bond donors (Lipinski definition) is 1. The zero-order valence-electron chi connectivity index (χ0n) is 14.7. The number of ether oxygens (including phenoxy) is 2. The lowest BCUT2D eigenvalue weighted by molar-refractivity contribution is -0.139. The maximum atomic E-state index is 12.7. The first-order valence-corrected chi connectivity index (χ1v) is 8.71. The molecule has 0 saturated carbocycles. The van der Waals surface area contributed by atoms with E-state index in [2.05, 4.69) is 4.98 Å². The number of aromatic nitrogens is 1. The second-order valence-corrected chi connectivity index (χ2v) is 6.32. The molecule has 1 atom stereocenters. The summed E-state index contributed by atoms with van der Waals surface area (Å²) in [6.07, 6.45) is 2.28. The van der Waals surface area contributed by atoms with Crippen LogP contribution < -0.4 is 9.47 Å². The van der Waals surface area contributed by atoms with E-state index in [0.29, 0.717) is 35.7 Å². The molecule has 0 radical (unpaired) electrons. The SMILES string of the molecule is CCCN1C(=O)C(=O)/C(=C(\O)c2ccc3c(c2)OCO3)C1c1ccccn1. The number of fused-ring (bicyclic) bond motifs is 1. The number of ketones is 1. The molecule has 1 unspecified atom stereocenters. The molecule has 0 bridgehead atoms. The Bertz CT molecular complexity index is 939. The standard InChI is InChI=1S/C20H18N2O5/c1-2-9-22-17(13-5-3-4-8-21-13)16(19(24)20(22)25)18(23)12-6-7-14-15(10-12)27-11-26-14/h3-8,10,17,23H,2,9,11H2,1H3/b18-16-. The first-order chi connectivity index (χ1) is 13.1. The lowest BCUT2D eigenvalue weighted by Crippen LogP contribution is -2.30.